The van der Waals surface area contributed by atoms with E-state index < -0.39 is 0 Å². The van der Waals surface area contributed by atoms with Gasteiger partial charge < -0.3 is 10.3 Å². The van der Waals surface area contributed by atoms with Crippen LogP contribution in [0.1, 0.15) is 44.9 Å². The summed E-state index contributed by atoms with van der Waals surface area (Å²) in [5, 5.41) is 0. The second-order valence-corrected chi connectivity index (χ2v) is 5.79. The fourth-order valence-corrected chi connectivity index (χ4v) is 3.00. The Labute approximate surface area is 128 Å². The van der Waals surface area contributed by atoms with Gasteiger partial charge in [-0.15, -0.1) is 0 Å². The summed E-state index contributed by atoms with van der Waals surface area (Å²) in [4.78, 5) is 29.9. The molecule has 1 aliphatic rings. The van der Waals surface area contributed by atoms with Crippen LogP contribution in [-0.4, -0.2) is 25.2 Å². The van der Waals surface area contributed by atoms with Crippen LogP contribution in [0.15, 0.2) is 9.59 Å². The average molecular weight is 305 g/mol. The number of aryl methyl sites for hydroxylation is 2. The third-order valence-electron chi connectivity index (χ3n) is 4.30. The molecule has 1 saturated carbocycles. The summed E-state index contributed by atoms with van der Waals surface area (Å²) in [5.41, 5.74) is 6.21. The van der Waals surface area contributed by atoms with Gasteiger partial charge in [0.15, 0.2) is 11.2 Å². The maximum Gasteiger partial charge on any atom is 0.332 e. The molecule has 2 aromatic heterocycles. The first-order valence-electron chi connectivity index (χ1n) is 8.07. The van der Waals surface area contributed by atoms with Crippen LogP contribution < -0.4 is 17.0 Å². The van der Waals surface area contributed by atoms with Crippen LogP contribution in [0.2, 0.25) is 0 Å². The smallest absolute Gasteiger partial charge is 0.330 e. The van der Waals surface area contributed by atoms with Crippen molar-refractivity contribution >= 4 is 11.2 Å². The van der Waals surface area contributed by atoms with Gasteiger partial charge in [0.1, 0.15) is 5.82 Å². The standard InChI is InChI=1S/C15H23N5O2/c1-3-18-13-11(14(21)19(4-2)15(18)22)20(9-5-8-16)12(17-13)10-6-7-10/h10H,3-9,16H2,1-2H3. The molecule has 2 heterocycles. The molecule has 0 atom stereocenters. The van der Waals surface area contributed by atoms with Gasteiger partial charge in [-0.3, -0.25) is 13.9 Å². The van der Waals surface area contributed by atoms with Crippen molar-refractivity contribution < 1.29 is 0 Å². The number of nitrogens with two attached hydrogens (primary N) is 1. The monoisotopic (exact) mass is 305 g/mol. The van der Waals surface area contributed by atoms with Gasteiger partial charge in [-0.25, -0.2) is 9.78 Å². The van der Waals surface area contributed by atoms with Crippen molar-refractivity contribution in [2.75, 3.05) is 6.54 Å². The normalized spacial score (nSPS) is 14.9. The van der Waals surface area contributed by atoms with E-state index in [1.165, 1.54) is 4.57 Å². The molecular formula is C15H23N5O2. The molecule has 22 heavy (non-hydrogen) atoms. The van der Waals surface area contributed by atoms with Crippen LogP contribution >= 0.6 is 0 Å². The van der Waals surface area contributed by atoms with Crippen molar-refractivity contribution in [1.82, 2.24) is 18.7 Å². The largest absolute Gasteiger partial charge is 0.332 e. The molecule has 1 fully saturated rings. The molecular weight excluding hydrogens is 282 g/mol. The van der Waals surface area contributed by atoms with Gasteiger partial charge in [0.25, 0.3) is 5.56 Å². The summed E-state index contributed by atoms with van der Waals surface area (Å²) >= 11 is 0. The Morgan fingerprint density at radius 1 is 1.14 bits per heavy atom. The Morgan fingerprint density at radius 3 is 2.36 bits per heavy atom. The number of imidazole rings is 1. The molecule has 0 aliphatic heterocycles. The number of fused-ring (bicyclic) bond motifs is 1. The minimum absolute atomic E-state index is 0.233. The van der Waals surface area contributed by atoms with E-state index in [2.05, 4.69) is 4.98 Å². The Morgan fingerprint density at radius 2 is 1.82 bits per heavy atom. The number of hydrogen-bond donors (Lipinski definition) is 1. The van der Waals surface area contributed by atoms with E-state index in [9.17, 15) is 9.59 Å². The third kappa shape index (κ3) is 2.20. The third-order valence-corrected chi connectivity index (χ3v) is 4.30. The van der Waals surface area contributed by atoms with E-state index in [-0.39, 0.29) is 11.2 Å². The van der Waals surface area contributed by atoms with Gasteiger partial charge in [-0.1, -0.05) is 0 Å². The lowest BCUT2D eigenvalue weighted by Gasteiger charge is -2.10. The van der Waals surface area contributed by atoms with E-state index in [1.807, 2.05) is 18.4 Å². The van der Waals surface area contributed by atoms with Crippen LogP contribution in [0, 0.1) is 0 Å². The van der Waals surface area contributed by atoms with Gasteiger partial charge in [0.2, 0.25) is 0 Å². The highest BCUT2D eigenvalue weighted by Crippen LogP contribution is 2.40. The molecule has 0 saturated heterocycles. The molecule has 0 aromatic carbocycles. The summed E-state index contributed by atoms with van der Waals surface area (Å²) in [5.74, 6) is 1.36. The molecule has 7 heteroatoms. The zero-order valence-electron chi connectivity index (χ0n) is 13.2. The molecule has 0 bridgehead atoms. The molecule has 2 aromatic rings. The van der Waals surface area contributed by atoms with E-state index in [4.69, 9.17) is 5.73 Å². The molecule has 120 valence electrons. The summed E-state index contributed by atoms with van der Waals surface area (Å²) in [6.07, 6.45) is 3.00. The fraction of sp³-hybridized carbons (Fsp3) is 0.667. The fourth-order valence-electron chi connectivity index (χ4n) is 3.00. The SMILES string of the molecule is CCn1c(=O)c2c(nc(C3CC3)n2CCCN)n(CC)c1=O. The first-order valence-corrected chi connectivity index (χ1v) is 8.07. The molecule has 0 unspecified atom stereocenters. The first kappa shape index (κ1) is 15.0. The van der Waals surface area contributed by atoms with Gasteiger partial charge in [0, 0.05) is 25.6 Å². The van der Waals surface area contributed by atoms with E-state index in [0.717, 1.165) is 25.1 Å². The van der Waals surface area contributed by atoms with Crippen molar-refractivity contribution in [3.05, 3.63) is 26.7 Å². The molecule has 0 radical (unpaired) electrons. The average Bonchev–Trinajstić information content (AvgIpc) is 3.28. The maximum atomic E-state index is 12.7. The highest BCUT2D eigenvalue weighted by atomic mass is 16.2. The van der Waals surface area contributed by atoms with Crippen LogP contribution in [0.5, 0.6) is 0 Å². The zero-order chi connectivity index (χ0) is 15.9. The van der Waals surface area contributed by atoms with Crippen molar-refractivity contribution in [3.63, 3.8) is 0 Å². The number of hydrogen-bond acceptors (Lipinski definition) is 4. The Bertz CT molecular complexity index is 810. The molecule has 0 amide bonds. The van der Waals surface area contributed by atoms with Gasteiger partial charge in [-0.2, -0.15) is 0 Å². The van der Waals surface area contributed by atoms with Crippen molar-refractivity contribution in [1.29, 1.82) is 0 Å². The van der Waals surface area contributed by atoms with Crippen LogP contribution in [-0.2, 0) is 19.6 Å². The quantitative estimate of drug-likeness (QED) is 0.847. The lowest BCUT2D eigenvalue weighted by atomic mass is 10.3. The predicted molar refractivity (Wildman–Crippen MR) is 85.2 cm³/mol. The predicted octanol–water partition coefficient (Wildman–Crippen LogP) is 0.626. The van der Waals surface area contributed by atoms with Gasteiger partial charge >= 0.3 is 5.69 Å². The molecule has 1 aliphatic carbocycles. The van der Waals surface area contributed by atoms with E-state index >= 15 is 0 Å². The number of nitrogens with zero attached hydrogens (tertiary/aromatic N) is 4. The lowest BCUT2D eigenvalue weighted by molar-refractivity contribution is 0.597. The van der Waals surface area contributed by atoms with Crippen molar-refractivity contribution in [3.8, 4) is 0 Å². The summed E-state index contributed by atoms with van der Waals surface area (Å²) in [7, 11) is 0. The Hall–Kier alpha value is -1.89. The zero-order valence-corrected chi connectivity index (χ0v) is 13.2. The second-order valence-electron chi connectivity index (χ2n) is 5.79. The van der Waals surface area contributed by atoms with Crippen molar-refractivity contribution in [2.24, 2.45) is 5.73 Å². The first-order chi connectivity index (χ1) is 10.6. The Balaban J connectivity index is 2.37. The highest BCUT2D eigenvalue weighted by Gasteiger charge is 2.31. The van der Waals surface area contributed by atoms with Crippen LogP contribution in [0.4, 0.5) is 0 Å². The van der Waals surface area contributed by atoms with E-state index in [0.29, 0.717) is 43.3 Å². The summed E-state index contributed by atoms with van der Waals surface area (Å²) in [6, 6.07) is 0. The Kier molecular flexibility index (Phi) is 3.90. The van der Waals surface area contributed by atoms with Gasteiger partial charge in [-0.05, 0) is 39.7 Å². The van der Waals surface area contributed by atoms with Crippen molar-refractivity contribution in [2.45, 2.75) is 58.7 Å². The highest BCUT2D eigenvalue weighted by molar-refractivity contribution is 5.71. The number of rotatable bonds is 6. The second kappa shape index (κ2) is 5.72. The summed E-state index contributed by atoms with van der Waals surface area (Å²) < 4.78 is 4.90. The number of aromatic nitrogens is 4. The molecule has 3 rings (SSSR count). The lowest BCUT2D eigenvalue weighted by Crippen LogP contribution is -2.40. The summed E-state index contributed by atoms with van der Waals surface area (Å²) in [6.45, 7) is 5.85. The molecule has 2 N–H and O–H groups in total. The minimum atomic E-state index is -0.270. The maximum absolute atomic E-state index is 12.7. The van der Waals surface area contributed by atoms with Crippen LogP contribution in [0.3, 0.4) is 0 Å². The molecule has 7 nitrogen and oxygen atoms in total. The molecule has 0 spiro atoms. The topological polar surface area (TPSA) is 87.8 Å². The van der Waals surface area contributed by atoms with E-state index in [1.54, 1.807) is 4.57 Å². The minimum Gasteiger partial charge on any atom is -0.330 e. The van der Waals surface area contributed by atoms with Crippen LogP contribution in [0.25, 0.3) is 11.2 Å². The van der Waals surface area contributed by atoms with Gasteiger partial charge in [0.05, 0.1) is 0 Å².